The smallest absolute Gasteiger partial charge is 0.280 e. The summed E-state index contributed by atoms with van der Waals surface area (Å²) in [6, 6.07) is 4.90. The SMILES string of the molecule is COCC(=O)N1CC[C@H](NC(=O)c2cc3cc(F)ccc3[nH]2)[C@H](NC(=O)c2nc3c(s2)CN(C)CC3)C1. The number of amides is 3. The lowest BCUT2D eigenvalue weighted by molar-refractivity contribution is -0.136. The fraction of sp³-hybridized carbons (Fsp3) is 0.440. The average Bonchev–Trinajstić information content (AvgIpc) is 3.49. The predicted octanol–water partition coefficient (Wildman–Crippen LogP) is 1.53. The van der Waals surface area contributed by atoms with E-state index in [1.54, 1.807) is 17.0 Å². The van der Waals surface area contributed by atoms with E-state index < -0.39 is 12.1 Å². The number of thiazole rings is 1. The Hall–Kier alpha value is -3.35. The minimum Gasteiger partial charge on any atom is -0.375 e. The molecule has 37 heavy (non-hydrogen) atoms. The molecule has 3 N–H and O–H groups in total. The predicted molar refractivity (Wildman–Crippen MR) is 136 cm³/mol. The summed E-state index contributed by atoms with van der Waals surface area (Å²) in [6.45, 7) is 2.23. The van der Waals surface area contributed by atoms with Crippen molar-refractivity contribution in [1.29, 1.82) is 0 Å². The normalized spacial score (nSPS) is 20.0. The summed E-state index contributed by atoms with van der Waals surface area (Å²) in [7, 11) is 3.49. The summed E-state index contributed by atoms with van der Waals surface area (Å²) in [4.78, 5) is 51.2. The maximum absolute atomic E-state index is 13.6. The van der Waals surface area contributed by atoms with E-state index in [0.29, 0.717) is 34.6 Å². The van der Waals surface area contributed by atoms with Gasteiger partial charge in [0.25, 0.3) is 11.8 Å². The number of aromatic amines is 1. The molecule has 2 aliphatic rings. The first-order valence-electron chi connectivity index (χ1n) is 12.1. The minimum atomic E-state index is -0.531. The van der Waals surface area contributed by atoms with E-state index in [2.05, 4.69) is 25.5 Å². The van der Waals surface area contributed by atoms with Crippen molar-refractivity contribution < 1.29 is 23.5 Å². The zero-order valence-electron chi connectivity index (χ0n) is 20.7. The zero-order valence-corrected chi connectivity index (χ0v) is 21.5. The van der Waals surface area contributed by atoms with Gasteiger partial charge in [0.2, 0.25) is 5.91 Å². The minimum absolute atomic E-state index is 0.0595. The van der Waals surface area contributed by atoms with Crippen LogP contribution in [0.1, 0.15) is 37.3 Å². The molecule has 0 bridgehead atoms. The number of methoxy groups -OCH3 is 1. The molecule has 5 rings (SSSR count). The van der Waals surface area contributed by atoms with Gasteiger partial charge in [-0.25, -0.2) is 9.37 Å². The molecule has 0 spiro atoms. The maximum atomic E-state index is 13.6. The second-order valence-corrected chi connectivity index (χ2v) is 10.6. The van der Waals surface area contributed by atoms with Crippen LogP contribution in [-0.4, -0.2) is 90.0 Å². The largest absolute Gasteiger partial charge is 0.375 e. The lowest BCUT2D eigenvalue weighted by Crippen LogP contribution is -2.61. The van der Waals surface area contributed by atoms with Crippen LogP contribution in [0.25, 0.3) is 10.9 Å². The summed E-state index contributed by atoms with van der Waals surface area (Å²) in [6.07, 6.45) is 1.24. The van der Waals surface area contributed by atoms with Gasteiger partial charge in [-0.2, -0.15) is 0 Å². The highest BCUT2D eigenvalue weighted by molar-refractivity contribution is 7.13. The molecule has 10 nitrogen and oxygen atoms in total. The molecule has 1 saturated heterocycles. The topological polar surface area (TPSA) is 120 Å². The number of hydrogen-bond donors (Lipinski definition) is 3. The number of likely N-dealkylation sites (N-methyl/N-ethyl adjacent to an activating group) is 1. The molecular weight excluding hydrogens is 499 g/mol. The number of rotatable bonds is 6. The van der Waals surface area contributed by atoms with Crippen molar-refractivity contribution in [3.05, 3.63) is 51.4 Å². The first kappa shape index (κ1) is 25.3. The number of piperidine rings is 1. The number of halogens is 1. The van der Waals surface area contributed by atoms with Crippen molar-refractivity contribution in [3.8, 4) is 0 Å². The molecule has 0 unspecified atom stereocenters. The van der Waals surface area contributed by atoms with Crippen LogP contribution in [-0.2, 0) is 22.5 Å². The number of carbonyl (C=O) groups is 3. The van der Waals surface area contributed by atoms with Gasteiger partial charge >= 0.3 is 0 Å². The van der Waals surface area contributed by atoms with Crippen LogP contribution in [0.4, 0.5) is 4.39 Å². The molecule has 4 heterocycles. The Kier molecular flexibility index (Phi) is 7.22. The van der Waals surface area contributed by atoms with Crippen molar-refractivity contribution in [2.24, 2.45) is 0 Å². The molecule has 1 aromatic carbocycles. The third kappa shape index (κ3) is 5.50. The molecule has 2 aliphatic heterocycles. The molecule has 3 aromatic rings. The van der Waals surface area contributed by atoms with Crippen LogP contribution in [0, 0.1) is 5.82 Å². The molecule has 2 atom stereocenters. The number of carbonyl (C=O) groups excluding carboxylic acids is 3. The van der Waals surface area contributed by atoms with Crippen LogP contribution in [0.15, 0.2) is 24.3 Å². The number of H-pyrrole nitrogens is 1. The molecule has 0 radical (unpaired) electrons. The van der Waals surface area contributed by atoms with E-state index in [1.807, 2.05) is 7.05 Å². The van der Waals surface area contributed by atoms with Gasteiger partial charge in [0.1, 0.15) is 18.1 Å². The van der Waals surface area contributed by atoms with E-state index in [-0.39, 0.29) is 36.7 Å². The molecule has 1 fully saturated rings. The Morgan fingerprint density at radius 3 is 2.81 bits per heavy atom. The van der Waals surface area contributed by atoms with Crippen molar-refractivity contribution in [2.75, 3.05) is 40.4 Å². The second-order valence-electron chi connectivity index (χ2n) is 9.51. The number of nitrogens with zero attached hydrogens (tertiary/aromatic N) is 3. The van der Waals surface area contributed by atoms with E-state index in [9.17, 15) is 18.8 Å². The molecule has 3 amide bonds. The van der Waals surface area contributed by atoms with Crippen LogP contribution in [0.3, 0.4) is 0 Å². The van der Waals surface area contributed by atoms with E-state index in [0.717, 1.165) is 30.1 Å². The highest BCUT2D eigenvalue weighted by Gasteiger charge is 2.35. The molecule has 196 valence electrons. The van der Waals surface area contributed by atoms with Crippen molar-refractivity contribution in [1.82, 2.24) is 30.4 Å². The fourth-order valence-corrected chi connectivity index (χ4v) is 5.93. The zero-order chi connectivity index (χ0) is 26.1. The second kappa shape index (κ2) is 10.6. The van der Waals surface area contributed by atoms with E-state index >= 15 is 0 Å². The van der Waals surface area contributed by atoms with Gasteiger partial charge < -0.3 is 30.2 Å². The lowest BCUT2D eigenvalue weighted by Gasteiger charge is -2.39. The van der Waals surface area contributed by atoms with Crippen LogP contribution in [0.2, 0.25) is 0 Å². The summed E-state index contributed by atoms with van der Waals surface area (Å²) in [5, 5.41) is 6.97. The monoisotopic (exact) mass is 528 g/mol. The number of aromatic nitrogens is 2. The third-order valence-corrected chi connectivity index (χ3v) is 7.89. The summed E-state index contributed by atoms with van der Waals surface area (Å²) in [5.41, 5.74) is 1.89. The fourth-order valence-electron chi connectivity index (χ4n) is 4.83. The lowest BCUT2D eigenvalue weighted by atomic mass is 9.98. The van der Waals surface area contributed by atoms with Gasteiger partial charge in [0.15, 0.2) is 5.01 Å². The number of ether oxygens (including phenoxy) is 1. The van der Waals surface area contributed by atoms with E-state index in [4.69, 9.17) is 4.74 Å². The average molecular weight is 529 g/mol. The highest BCUT2D eigenvalue weighted by Crippen LogP contribution is 2.25. The Bertz CT molecular complexity index is 1340. The number of benzene rings is 1. The summed E-state index contributed by atoms with van der Waals surface area (Å²) >= 11 is 1.38. The number of hydrogen-bond acceptors (Lipinski definition) is 7. The summed E-state index contributed by atoms with van der Waals surface area (Å²) in [5.74, 6) is -1.26. The number of fused-ring (bicyclic) bond motifs is 2. The van der Waals surface area contributed by atoms with Gasteiger partial charge in [-0.1, -0.05) is 0 Å². The van der Waals surface area contributed by atoms with Gasteiger partial charge in [0.05, 0.1) is 17.8 Å². The molecule has 0 saturated carbocycles. The van der Waals surface area contributed by atoms with Crippen molar-refractivity contribution in [2.45, 2.75) is 31.5 Å². The Balaban J connectivity index is 1.33. The molecule has 12 heteroatoms. The Morgan fingerprint density at radius 2 is 2.00 bits per heavy atom. The first-order valence-corrected chi connectivity index (χ1v) is 13.0. The Morgan fingerprint density at radius 1 is 1.19 bits per heavy atom. The highest BCUT2D eigenvalue weighted by atomic mass is 32.1. The quantitative estimate of drug-likeness (QED) is 0.447. The molecule has 0 aliphatic carbocycles. The van der Waals surface area contributed by atoms with Gasteiger partial charge in [-0.05, 0) is 37.7 Å². The van der Waals surface area contributed by atoms with Crippen molar-refractivity contribution in [3.63, 3.8) is 0 Å². The number of nitrogens with one attached hydrogen (secondary N) is 3. The van der Waals surface area contributed by atoms with Crippen molar-refractivity contribution >= 4 is 40.0 Å². The molecular formula is C25H29FN6O4S. The number of likely N-dealkylation sites (tertiary alicyclic amines) is 1. The van der Waals surface area contributed by atoms with Crippen LogP contribution < -0.4 is 10.6 Å². The Labute approximate surface area is 217 Å². The molecule has 2 aromatic heterocycles. The maximum Gasteiger partial charge on any atom is 0.280 e. The standard InChI is InChI=1S/C25H29FN6O4S/c1-31-7-5-18-21(12-31)37-25(30-18)24(35)29-20-11-32(22(33)13-36-2)8-6-17(20)28-23(34)19-10-14-9-15(26)3-4-16(14)27-19/h3-4,9-10,17,20,27H,5-8,11-13H2,1-2H3,(H,28,34)(H,29,35)/t17-,20+/m0/s1. The van der Waals surface area contributed by atoms with E-state index in [1.165, 1.54) is 30.6 Å². The van der Waals surface area contributed by atoms with Crippen LogP contribution in [0.5, 0.6) is 0 Å². The van der Waals surface area contributed by atoms with Gasteiger partial charge in [-0.3, -0.25) is 14.4 Å². The van der Waals surface area contributed by atoms with Gasteiger partial charge in [-0.15, -0.1) is 11.3 Å². The van der Waals surface area contributed by atoms with Gasteiger partial charge in [0, 0.05) is 55.5 Å². The first-order chi connectivity index (χ1) is 17.8. The van der Waals surface area contributed by atoms with Crippen LogP contribution >= 0.6 is 11.3 Å². The third-order valence-electron chi connectivity index (χ3n) is 6.81. The summed E-state index contributed by atoms with van der Waals surface area (Å²) < 4.78 is 18.6.